The number of unbranched alkanes of at least 4 members (excludes halogenated alkanes) is 1. The molecule has 0 heterocycles. The van der Waals surface area contributed by atoms with E-state index in [0.29, 0.717) is 0 Å². The monoisotopic (exact) mass is 276 g/mol. The lowest BCUT2D eigenvalue weighted by Crippen LogP contribution is -2.15. The van der Waals surface area contributed by atoms with Crippen LogP contribution in [0.5, 0.6) is 0 Å². The number of hydrogen-bond donors (Lipinski definition) is 0. The molecule has 0 unspecified atom stereocenters. The summed E-state index contributed by atoms with van der Waals surface area (Å²) in [4.78, 5) is 1.43. The molecule has 0 atom stereocenters. The van der Waals surface area contributed by atoms with Crippen LogP contribution in [0.25, 0.3) is 0 Å². The Morgan fingerprint density at radius 2 is 1.58 bits per heavy atom. The van der Waals surface area contributed by atoms with Crippen LogP contribution in [-0.2, 0) is 0 Å². The van der Waals surface area contributed by atoms with E-state index >= 15 is 0 Å². The van der Waals surface area contributed by atoms with Crippen LogP contribution in [-0.4, -0.2) is 5.75 Å². The Balaban J connectivity index is 1.58. The van der Waals surface area contributed by atoms with E-state index in [9.17, 15) is 0 Å². The lowest BCUT2D eigenvalue weighted by Gasteiger charge is -2.28. The van der Waals surface area contributed by atoms with Crippen molar-refractivity contribution in [3.05, 3.63) is 30.3 Å². The number of rotatable bonds is 7. The van der Waals surface area contributed by atoms with Gasteiger partial charge in [0.05, 0.1) is 0 Å². The Kier molecular flexibility index (Phi) is 6.84. The fraction of sp³-hybridized carbons (Fsp3) is 0.667. The van der Waals surface area contributed by atoms with Crippen LogP contribution >= 0.6 is 11.8 Å². The summed E-state index contributed by atoms with van der Waals surface area (Å²) in [6.45, 7) is 2.31. The van der Waals surface area contributed by atoms with Crippen LogP contribution in [0.2, 0.25) is 0 Å². The molecular formula is C18H28S. The maximum absolute atomic E-state index is 2.31. The molecule has 0 spiro atoms. The molecule has 0 aliphatic heterocycles. The molecular weight excluding hydrogens is 248 g/mol. The van der Waals surface area contributed by atoms with Crippen molar-refractivity contribution in [2.75, 3.05) is 5.75 Å². The van der Waals surface area contributed by atoms with Crippen molar-refractivity contribution in [2.24, 2.45) is 11.8 Å². The zero-order valence-corrected chi connectivity index (χ0v) is 13.1. The van der Waals surface area contributed by atoms with Gasteiger partial charge in [-0.2, -0.15) is 0 Å². The van der Waals surface area contributed by atoms with E-state index < -0.39 is 0 Å². The highest BCUT2D eigenvalue weighted by Crippen LogP contribution is 2.34. The van der Waals surface area contributed by atoms with Crippen LogP contribution in [0.3, 0.4) is 0 Å². The highest BCUT2D eigenvalue weighted by Gasteiger charge is 2.20. The summed E-state index contributed by atoms with van der Waals surface area (Å²) >= 11 is 2.03. The Bertz CT molecular complexity index is 325. The Hall–Kier alpha value is -0.430. The highest BCUT2D eigenvalue weighted by molar-refractivity contribution is 7.99. The summed E-state index contributed by atoms with van der Waals surface area (Å²) in [6.07, 6.45) is 11.7. The molecule has 19 heavy (non-hydrogen) atoms. The minimum atomic E-state index is 1.01. The van der Waals surface area contributed by atoms with Gasteiger partial charge in [-0.15, -0.1) is 11.8 Å². The Labute approximate surface area is 123 Å². The number of hydrogen-bond acceptors (Lipinski definition) is 1. The second kappa shape index (κ2) is 8.68. The van der Waals surface area contributed by atoms with Crippen LogP contribution < -0.4 is 0 Å². The van der Waals surface area contributed by atoms with Gasteiger partial charge >= 0.3 is 0 Å². The molecule has 0 amide bonds. The van der Waals surface area contributed by atoms with E-state index in [2.05, 4.69) is 37.3 Å². The van der Waals surface area contributed by atoms with Crippen molar-refractivity contribution in [3.63, 3.8) is 0 Å². The summed E-state index contributed by atoms with van der Waals surface area (Å²) in [5.74, 6) is 3.36. The number of thioether (sulfide) groups is 1. The number of benzene rings is 1. The molecule has 0 radical (unpaired) electrons. The van der Waals surface area contributed by atoms with Crippen molar-refractivity contribution in [1.29, 1.82) is 0 Å². The van der Waals surface area contributed by atoms with Crippen LogP contribution in [0, 0.1) is 11.8 Å². The first-order chi connectivity index (χ1) is 9.38. The molecule has 1 fully saturated rings. The van der Waals surface area contributed by atoms with E-state index in [4.69, 9.17) is 0 Å². The zero-order valence-electron chi connectivity index (χ0n) is 12.3. The van der Waals surface area contributed by atoms with Gasteiger partial charge in [-0.25, -0.2) is 0 Å². The van der Waals surface area contributed by atoms with Crippen molar-refractivity contribution in [3.8, 4) is 0 Å². The average Bonchev–Trinajstić information content (AvgIpc) is 2.47. The Morgan fingerprint density at radius 3 is 2.21 bits per heavy atom. The summed E-state index contributed by atoms with van der Waals surface area (Å²) < 4.78 is 0. The average molecular weight is 276 g/mol. The van der Waals surface area contributed by atoms with Crippen molar-refractivity contribution < 1.29 is 0 Å². The largest absolute Gasteiger partial charge is 0.126 e. The minimum Gasteiger partial charge on any atom is -0.126 e. The molecule has 106 valence electrons. The van der Waals surface area contributed by atoms with Crippen LogP contribution in [0.15, 0.2) is 35.2 Å². The van der Waals surface area contributed by atoms with Crippen LogP contribution in [0.1, 0.15) is 58.3 Å². The summed E-state index contributed by atoms with van der Waals surface area (Å²) in [6, 6.07) is 10.8. The molecule has 0 nitrogen and oxygen atoms in total. The van der Waals surface area contributed by atoms with E-state index in [1.165, 1.54) is 62.0 Å². The molecule has 1 aliphatic rings. The smallest absolute Gasteiger partial charge is 0.00719 e. The van der Waals surface area contributed by atoms with Crippen molar-refractivity contribution in [1.82, 2.24) is 0 Å². The first-order valence-electron chi connectivity index (χ1n) is 8.06. The molecule has 1 aromatic rings. The van der Waals surface area contributed by atoms with Crippen molar-refractivity contribution in [2.45, 2.75) is 63.2 Å². The lowest BCUT2D eigenvalue weighted by atomic mass is 9.79. The normalized spacial score (nSPS) is 23.4. The van der Waals surface area contributed by atoms with Gasteiger partial charge in [0.15, 0.2) is 0 Å². The van der Waals surface area contributed by atoms with Gasteiger partial charge in [0.2, 0.25) is 0 Å². The second-order valence-corrected chi connectivity index (χ2v) is 7.15. The van der Waals surface area contributed by atoms with Gasteiger partial charge in [0.1, 0.15) is 0 Å². The zero-order chi connectivity index (χ0) is 13.3. The second-order valence-electron chi connectivity index (χ2n) is 5.98. The maximum atomic E-state index is 2.31. The quantitative estimate of drug-likeness (QED) is 0.537. The van der Waals surface area contributed by atoms with E-state index in [1.807, 2.05) is 11.8 Å². The van der Waals surface area contributed by atoms with E-state index in [-0.39, 0.29) is 0 Å². The highest BCUT2D eigenvalue weighted by atomic mass is 32.2. The third kappa shape index (κ3) is 5.60. The molecule has 0 N–H and O–H groups in total. The van der Waals surface area contributed by atoms with Gasteiger partial charge in [-0.3, -0.25) is 0 Å². The molecule has 0 aromatic heterocycles. The van der Waals surface area contributed by atoms with Gasteiger partial charge in [-0.1, -0.05) is 70.1 Å². The van der Waals surface area contributed by atoms with Gasteiger partial charge < -0.3 is 0 Å². The lowest BCUT2D eigenvalue weighted by molar-refractivity contribution is 0.256. The molecule has 0 saturated heterocycles. The fourth-order valence-electron chi connectivity index (χ4n) is 3.16. The standard InChI is InChI=1S/C18H28S/c1-2-3-7-16-10-12-17(13-11-16)14-15-19-18-8-5-4-6-9-18/h4-6,8-9,16-17H,2-3,7,10-15H2,1H3. The molecule has 1 saturated carbocycles. The molecule has 0 bridgehead atoms. The topological polar surface area (TPSA) is 0 Å². The Morgan fingerprint density at radius 1 is 0.947 bits per heavy atom. The SMILES string of the molecule is CCCCC1CCC(CCSc2ccccc2)CC1. The maximum Gasteiger partial charge on any atom is 0.00719 e. The predicted octanol–water partition coefficient (Wildman–Crippen LogP) is 6.17. The predicted molar refractivity (Wildman–Crippen MR) is 86.8 cm³/mol. The van der Waals surface area contributed by atoms with Crippen molar-refractivity contribution >= 4 is 11.8 Å². The first kappa shape index (κ1) is 15.0. The minimum absolute atomic E-state index is 1.01. The summed E-state index contributed by atoms with van der Waals surface area (Å²) in [7, 11) is 0. The third-order valence-electron chi connectivity index (χ3n) is 4.47. The molecule has 1 aromatic carbocycles. The van der Waals surface area contributed by atoms with Crippen LogP contribution in [0.4, 0.5) is 0 Å². The van der Waals surface area contributed by atoms with E-state index in [0.717, 1.165) is 11.8 Å². The molecule has 1 heteroatoms. The molecule has 1 aliphatic carbocycles. The third-order valence-corrected chi connectivity index (χ3v) is 5.52. The van der Waals surface area contributed by atoms with Gasteiger partial charge in [-0.05, 0) is 36.1 Å². The first-order valence-corrected chi connectivity index (χ1v) is 9.05. The van der Waals surface area contributed by atoms with Gasteiger partial charge in [0.25, 0.3) is 0 Å². The van der Waals surface area contributed by atoms with Gasteiger partial charge in [0, 0.05) is 4.90 Å². The molecule has 2 rings (SSSR count). The summed E-state index contributed by atoms with van der Waals surface area (Å²) in [5.41, 5.74) is 0. The summed E-state index contributed by atoms with van der Waals surface area (Å²) in [5, 5.41) is 0. The fourth-order valence-corrected chi connectivity index (χ4v) is 4.20. The van der Waals surface area contributed by atoms with E-state index in [1.54, 1.807) is 0 Å².